The Balaban J connectivity index is 0.00000225. The molecular weight excluding hydrogens is 229 g/mol. The van der Waals surface area contributed by atoms with Crippen molar-refractivity contribution in [2.45, 2.75) is 0 Å². The van der Waals surface area contributed by atoms with Crippen molar-refractivity contribution in [2.75, 3.05) is 0 Å². The zero-order valence-electron chi connectivity index (χ0n) is 8.15. The van der Waals surface area contributed by atoms with E-state index in [1.165, 1.54) is 6.07 Å². The van der Waals surface area contributed by atoms with Gasteiger partial charge in [-0.3, -0.25) is 0 Å². The predicted octanol–water partition coefficient (Wildman–Crippen LogP) is -2.26. The molecule has 0 aromatic heterocycles. The van der Waals surface area contributed by atoms with E-state index in [2.05, 4.69) is 10.3 Å². The van der Waals surface area contributed by atoms with Gasteiger partial charge < -0.3 is 20.3 Å². The van der Waals surface area contributed by atoms with E-state index in [1.54, 1.807) is 0 Å². The van der Waals surface area contributed by atoms with E-state index in [0.717, 1.165) is 12.1 Å². The van der Waals surface area contributed by atoms with Crippen molar-refractivity contribution in [1.29, 1.82) is 0 Å². The molecule has 0 aliphatic rings. The number of rotatable bonds is 3. The van der Waals surface area contributed by atoms with Gasteiger partial charge in [0.05, 0.1) is 15.7 Å². The third-order valence-corrected chi connectivity index (χ3v) is 1.45. The smallest absolute Gasteiger partial charge is 0.869 e. The van der Waals surface area contributed by atoms with E-state index in [1.807, 2.05) is 0 Å². The fourth-order valence-corrected chi connectivity index (χ4v) is 0.857. The second kappa shape index (κ2) is 6.16. The molecule has 0 unspecified atom stereocenters. The van der Waals surface area contributed by atoms with Gasteiger partial charge in [-0.05, 0) is 17.9 Å². The number of carbonyl (C=O) groups is 1. The molecule has 1 aromatic carbocycles. The van der Waals surface area contributed by atoms with Crippen LogP contribution in [-0.4, -0.2) is 16.1 Å². The first-order chi connectivity index (χ1) is 7.02. The van der Waals surface area contributed by atoms with Crippen LogP contribution in [0.5, 0.6) is 5.75 Å². The molecule has 0 atom stereocenters. The zero-order valence-corrected chi connectivity index (χ0v) is 10.2. The van der Waals surface area contributed by atoms with Crippen LogP contribution in [0.15, 0.2) is 28.5 Å². The molecule has 0 spiro atoms. The van der Waals surface area contributed by atoms with E-state index < -0.39 is 22.3 Å². The average Bonchev–Trinajstić information content (AvgIpc) is 2.15. The van der Waals surface area contributed by atoms with Crippen LogP contribution in [0.2, 0.25) is 0 Å². The van der Waals surface area contributed by atoms with E-state index >= 15 is 0 Å². The number of para-hydroxylation sites is 1. The first kappa shape index (κ1) is 14.5. The molecule has 9 heteroatoms. The summed E-state index contributed by atoms with van der Waals surface area (Å²) >= 11 is 0. The monoisotopic (exact) mass is 233 g/mol. The second-order valence-corrected chi connectivity index (χ2v) is 2.39. The average molecular weight is 233 g/mol. The van der Waals surface area contributed by atoms with Crippen molar-refractivity contribution >= 4 is 11.7 Å². The van der Waals surface area contributed by atoms with Gasteiger partial charge in [-0.15, -0.1) is 0 Å². The molecule has 8 nitrogen and oxygen atoms in total. The van der Waals surface area contributed by atoms with Crippen LogP contribution in [0, 0.1) is 10.1 Å². The van der Waals surface area contributed by atoms with Gasteiger partial charge >= 0.3 is 35.5 Å². The maximum Gasteiger partial charge on any atom is 1.00 e. The van der Waals surface area contributed by atoms with Gasteiger partial charge in [0.1, 0.15) is 0 Å². The molecule has 0 amide bonds. The van der Waals surface area contributed by atoms with Gasteiger partial charge in [-0.25, -0.2) is 4.79 Å². The van der Waals surface area contributed by atoms with Crippen LogP contribution in [0.4, 0.5) is 5.69 Å². The maximum atomic E-state index is 11.3. The number of hydrogen-bond acceptors (Lipinski definition) is 5. The largest absolute Gasteiger partial charge is 1.00 e. The fourth-order valence-electron chi connectivity index (χ4n) is 0.857. The van der Waals surface area contributed by atoms with Gasteiger partial charge in [-0.2, -0.15) is 0 Å². The Morgan fingerprint density at radius 1 is 1.44 bits per heavy atom. The van der Waals surface area contributed by atoms with Crippen molar-refractivity contribution in [3.63, 3.8) is 0 Å². The van der Waals surface area contributed by atoms with Gasteiger partial charge in [0.15, 0.2) is 10.9 Å². The van der Waals surface area contributed by atoms with E-state index in [-0.39, 0.29) is 35.2 Å². The summed E-state index contributed by atoms with van der Waals surface area (Å²) in [6.07, 6.45) is 0. The quantitative estimate of drug-likeness (QED) is 0.272. The molecule has 78 valence electrons. The summed E-state index contributed by atoms with van der Waals surface area (Å²) in [4.78, 5) is 20.3. The number of carboxylic acid groups (broad SMARTS) is 1. The molecule has 0 bridgehead atoms. The molecule has 0 radical (unpaired) electrons. The Morgan fingerprint density at radius 3 is 2.56 bits per heavy atom. The Kier molecular flexibility index (Phi) is 5.57. The first-order valence-corrected chi connectivity index (χ1v) is 3.61. The summed E-state index contributed by atoms with van der Waals surface area (Å²) in [6.45, 7) is 0. The molecule has 0 heterocycles. The molecule has 1 rings (SSSR count). The molecule has 0 fully saturated rings. The zero-order chi connectivity index (χ0) is 11.4. The predicted molar refractivity (Wildman–Crippen MR) is 44.4 cm³/mol. The van der Waals surface area contributed by atoms with Crippen LogP contribution in [0.1, 0.15) is 10.4 Å². The summed E-state index contributed by atoms with van der Waals surface area (Å²) in [6, 6.07) is 3.47. The van der Waals surface area contributed by atoms with Gasteiger partial charge in [-0.1, -0.05) is 6.07 Å². The second-order valence-electron chi connectivity index (χ2n) is 2.39. The van der Waals surface area contributed by atoms with Crippen LogP contribution in [0.3, 0.4) is 0 Å². The van der Waals surface area contributed by atoms with Crippen molar-refractivity contribution in [1.82, 2.24) is 0 Å². The minimum Gasteiger partial charge on any atom is -0.869 e. The summed E-state index contributed by atoms with van der Waals surface area (Å²) in [5.74, 6) is -2.33. The number of hydrogen-bond donors (Lipinski definition) is 1. The molecule has 0 saturated heterocycles. The van der Waals surface area contributed by atoms with Gasteiger partial charge in [0.2, 0.25) is 0 Å². The van der Waals surface area contributed by atoms with Crippen molar-refractivity contribution in [2.24, 2.45) is 10.3 Å². The topological polar surface area (TPSA) is 128 Å². The minimum absolute atomic E-state index is 0. The molecule has 1 N–H and O–H groups in total. The maximum absolute atomic E-state index is 11.3. The van der Waals surface area contributed by atoms with E-state index in [4.69, 9.17) is 5.11 Å². The molecule has 0 saturated carbocycles. The molecule has 0 aliphatic heterocycles. The summed E-state index contributed by atoms with van der Waals surface area (Å²) in [7, 11) is 0. The summed E-state index contributed by atoms with van der Waals surface area (Å²) in [5, 5.41) is 34.1. The summed E-state index contributed by atoms with van der Waals surface area (Å²) in [5.41, 5.74) is -0.888. The van der Waals surface area contributed by atoms with E-state index in [9.17, 15) is 20.0 Å². The SMILES string of the molecule is O=C(O)c1cccc(N=N[N+](=O)[O-])c1[O-].[Na+]. The molecule has 1 aromatic rings. The Bertz CT molecular complexity index is 448. The summed E-state index contributed by atoms with van der Waals surface area (Å²) < 4.78 is 0. The normalized spacial score (nSPS) is 9.75. The van der Waals surface area contributed by atoms with Crippen LogP contribution < -0.4 is 34.7 Å². The number of benzene rings is 1. The molecule has 16 heavy (non-hydrogen) atoms. The third kappa shape index (κ3) is 3.57. The molecule has 0 aliphatic carbocycles. The number of aromatic carboxylic acids is 1. The number of nitrogens with zero attached hydrogens (tertiary/aromatic N) is 3. The van der Waals surface area contributed by atoms with Gasteiger partial charge in [0.25, 0.3) is 0 Å². The van der Waals surface area contributed by atoms with Crippen molar-refractivity contribution in [3.05, 3.63) is 33.9 Å². The van der Waals surface area contributed by atoms with Crippen LogP contribution in [-0.2, 0) is 0 Å². The van der Waals surface area contributed by atoms with Crippen molar-refractivity contribution < 1.29 is 49.6 Å². The van der Waals surface area contributed by atoms with Crippen molar-refractivity contribution in [3.8, 4) is 5.75 Å². The Labute approximate surface area is 111 Å². The number of nitro groups is 1. The van der Waals surface area contributed by atoms with Gasteiger partial charge in [0, 0.05) is 0 Å². The third-order valence-electron chi connectivity index (χ3n) is 1.45. The Morgan fingerprint density at radius 2 is 2.06 bits per heavy atom. The molecular formula is C7H4N3NaO5. The first-order valence-electron chi connectivity index (χ1n) is 3.61. The fraction of sp³-hybridized carbons (Fsp3) is 0. The van der Waals surface area contributed by atoms with Crippen LogP contribution in [0.25, 0.3) is 0 Å². The Hall–Kier alpha value is -1.51. The minimum atomic E-state index is -1.42. The number of carboxylic acids is 1. The van der Waals surface area contributed by atoms with E-state index in [0.29, 0.717) is 0 Å². The van der Waals surface area contributed by atoms with Crippen LogP contribution >= 0.6 is 0 Å². The standard InChI is InChI=1S/C7H5N3O5.Na/c11-6-4(7(12)13)2-1-3-5(6)8-9-10(14)15;/h1-3,11H,(H,12,13);/q;+1/p-1.